The van der Waals surface area contributed by atoms with Crippen molar-refractivity contribution in [2.24, 2.45) is 5.73 Å². The molecule has 0 spiro atoms. The second-order valence-corrected chi connectivity index (χ2v) is 2.54. The zero-order valence-corrected chi connectivity index (χ0v) is 6.42. The van der Waals surface area contributed by atoms with Crippen LogP contribution in [0, 0.1) is 5.82 Å². The quantitative estimate of drug-likeness (QED) is 0.697. The summed E-state index contributed by atoms with van der Waals surface area (Å²) in [5, 5.41) is 0. The largest absolute Gasteiger partial charge is 0.330 e. The molecule has 0 saturated heterocycles. The first-order chi connectivity index (χ1) is 5.24. The lowest BCUT2D eigenvalue weighted by atomic mass is 10.1. The van der Waals surface area contributed by atoms with E-state index in [4.69, 9.17) is 5.73 Å². The highest BCUT2D eigenvalue weighted by atomic mass is 19.1. The van der Waals surface area contributed by atoms with Crippen LogP contribution in [-0.2, 0) is 0 Å². The molecule has 0 bridgehead atoms. The molecular formula is C8H11FN2. The number of nitrogens with two attached hydrogens (primary N) is 1. The molecule has 1 heterocycles. The van der Waals surface area contributed by atoms with E-state index in [0.29, 0.717) is 12.2 Å². The standard InChI is InChI=1S/C8H11FN2/c1-6(5-10)8-4-7(9)2-3-11-8/h2-4,6H,5,10H2,1H3. The number of hydrogen-bond acceptors (Lipinski definition) is 2. The third-order valence-corrected chi connectivity index (χ3v) is 1.60. The molecule has 0 aliphatic heterocycles. The van der Waals surface area contributed by atoms with Gasteiger partial charge in [-0.25, -0.2) is 4.39 Å². The average molecular weight is 154 g/mol. The first-order valence-corrected chi connectivity index (χ1v) is 3.55. The average Bonchev–Trinajstić information content (AvgIpc) is 2.03. The topological polar surface area (TPSA) is 38.9 Å². The molecule has 11 heavy (non-hydrogen) atoms. The molecule has 1 unspecified atom stereocenters. The molecule has 0 amide bonds. The minimum atomic E-state index is -0.254. The molecule has 1 aromatic heterocycles. The van der Waals surface area contributed by atoms with Crippen LogP contribution in [0.25, 0.3) is 0 Å². The Labute approximate surface area is 65.3 Å². The first kappa shape index (κ1) is 8.14. The van der Waals surface area contributed by atoms with Gasteiger partial charge in [0.1, 0.15) is 5.82 Å². The van der Waals surface area contributed by atoms with Crippen molar-refractivity contribution < 1.29 is 4.39 Å². The molecule has 0 aliphatic rings. The summed E-state index contributed by atoms with van der Waals surface area (Å²) in [6.45, 7) is 2.41. The van der Waals surface area contributed by atoms with Crippen molar-refractivity contribution in [1.82, 2.24) is 4.98 Å². The zero-order valence-electron chi connectivity index (χ0n) is 6.42. The van der Waals surface area contributed by atoms with Crippen LogP contribution in [0.2, 0.25) is 0 Å². The Bertz CT molecular complexity index is 237. The Balaban J connectivity index is 2.86. The van der Waals surface area contributed by atoms with Crippen LogP contribution < -0.4 is 5.73 Å². The number of hydrogen-bond donors (Lipinski definition) is 1. The first-order valence-electron chi connectivity index (χ1n) is 3.55. The van der Waals surface area contributed by atoms with Gasteiger partial charge in [0.15, 0.2) is 0 Å². The molecule has 3 heteroatoms. The van der Waals surface area contributed by atoms with Gasteiger partial charge < -0.3 is 5.73 Å². The number of rotatable bonds is 2. The van der Waals surface area contributed by atoms with E-state index in [1.54, 1.807) is 0 Å². The van der Waals surface area contributed by atoms with Crippen LogP contribution in [0.1, 0.15) is 18.5 Å². The van der Waals surface area contributed by atoms with Crippen LogP contribution >= 0.6 is 0 Å². The SMILES string of the molecule is CC(CN)c1cc(F)ccn1. The van der Waals surface area contributed by atoms with Crippen LogP contribution in [0.5, 0.6) is 0 Å². The summed E-state index contributed by atoms with van der Waals surface area (Å²) in [5.74, 6) is -0.124. The van der Waals surface area contributed by atoms with E-state index in [9.17, 15) is 4.39 Å². The summed E-state index contributed by atoms with van der Waals surface area (Å²) in [6, 6.07) is 2.74. The Morgan fingerprint density at radius 1 is 1.73 bits per heavy atom. The predicted molar refractivity (Wildman–Crippen MR) is 41.7 cm³/mol. The summed E-state index contributed by atoms with van der Waals surface area (Å²) in [6.07, 6.45) is 1.46. The molecule has 60 valence electrons. The maximum Gasteiger partial charge on any atom is 0.126 e. The second kappa shape index (κ2) is 3.44. The fourth-order valence-electron chi connectivity index (χ4n) is 0.811. The minimum Gasteiger partial charge on any atom is -0.330 e. The summed E-state index contributed by atoms with van der Waals surface area (Å²) in [5.41, 5.74) is 6.11. The van der Waals surface area contributed by atoms with Gasteiger partial charge in [0, 0.05) is 24.4 Å². The molecular weight excluding hydrogens is 143 g/mol. The number of halogens is 1. The summed E-state index contributed by atoms with van der Waals surface area (Å²) < 4.78 is 12.6. The van der Waals surface area contributed by atoms with Crippen molar-refractivity contribution in [3.05, 3.63) is 29.8 Å². The van der Waals surface area contributed by atoms with E-state index in [-0.39, 0.29) is 11.7 Å². The number of pyridine rings is 1. The maximum absolute atomic E-state index is 12.6. The van der Waals surface area contributed by atoms with Gasteiger partial charge in [0.2, 0.25) is 0 Å². The van der Waals surface area contributed by atoms with Crippen molar-refractivity contribution in [2.75, 3.05) is 6.54 Å². The van der Waals surface area contributed by atoms with Crippen LogP contribution in [0.4, 0.5) is 4.39 Å². The van der Waals surface area contributed by atoms with E-state index in [2.05, 4.69) is 4.98 Å². The van der Waals surface area contributed by atoms with Crippen LogP contribution in [0.3, 0.4) is 0 Å². The fraction of sp³-hybridized carbons (Fsp3) is 0.375. The van der Waals surface area contributed by atoms with Crippen LogP contribution in [0.15, 0.2) is 18.3 Å². The van der Waals surface area contributed by atoms with Crippen molar-refractivity contribution >= 4 is 0 Å². The monoisotopic (exact) mass is 154 g/mol. The fourth-order valence-corrected chi connectivity index (χ4v) is 0.811. The van der Waals surface area contributed by atoms with E-state index >= 15 is 0 Å². The van der Waals surface area contributed by atoms with Crippen LogP contribution in [-0.4, -0.2) is 11.5 Å². The van der Waals surface area contributed by atoms with Gasteiger partial charge >= 0.3 is 0 Å². The van der Waals surface area contributed by atoms with Gasteiger partial charge in [-0.1, -0.05) is 6.92 Å². The van der Waals surface area contributed by atoms with Crippen molar-refractivity contribution in [1.29, 1.82) is 0 Å². The molecule has 1 aromatic rings. The van der Waals surface area contributed by atoms with Gasteiger partial charge in [0.05, 0.1) is 0 Å². The third-order valence-electron chi connectivity index (χ3n) is 1.60. The van der Waals surface area contributed by atoms with Gasteiger partial charge in [-0.3, -0.25) is 4.98 Å². The van der Waals surface area contributed by atoms with E-state index in [1.807, 2.05) is 6.92 Å². The third kappa shape index (κ3) is 1.98. The normalized spacial score (nSPS) is 13.0. The second-order valence-electron chi connectivity index (χ2n) is 2.54. The molecule has 2 nitrogen and oxygen atoms in total. The van der Waals surface area contributed by atoms with Gasteiger partial charge in [-0.15, -0.1) is 0 Å². The molecule has 0 aromatic carbocycles. The lowest BCUT2D eigenvalue weighted by Gasteiger charge is -2.06. The molecule has 1 rings (SSSR count). The molecule has 0 radical (unpaired) electrons. The van der Waals surface area contributed by atoms with E-state index in [0.717, 1.165) is 0 Å². The Morgan fingerprint density at radius 2 is 2.45 bits per heavy atom. The van der Waals surface area contributed by atoms with E-state index < -0.39 is 0 Å². The van der Waals surface area contributed by atoms with Crippen molar-refractivity contribution in [3.63, 3.8) is 0 Å². The summed E-state index contributed by atoms with van der Waals surface area (Å²) in [4.78, 5) is 3.99. The van der Waals surface area contributed by atoms with Gasteiger partial charge in [0.25, 0.3) is 0 Å². The lowest BCUT2D eigenvalue weighted by Crippen LogP contribution is -2.10. The minimum absolute atomic E-state index is 0.130. The summed E-state index contributed by atoms with van der Waals surface area (Å²) >= 11 is 0. The summed E-state index contributed by atoms with van der Waals surface area (Å²) in [7, 11) is 0. The highest BCUT2D eigenvalue weighted by molar-refractivity contribution is 5.10. The zero-order chi connectivity index (χ0) is 8.27. The molecule has 0 aliphatic carbocycles. The van der Waals surface area contributed by atoms with Gasteiger partial charge in [-0.05, 0) is 12.1 Å². The molecule has 0 saturated carbocycles. The molecule has 0 fully saturated rings. The highest BCUT2D eigenvalue weighted by Gasteiger charge is 2.04. The number of aromatic nitrogens is 1. The van der Waals surface area contributed by atoms with Crippen molar-refractivity contribution in [2.45, 2.75) is 12.8 Å². The lowest BCUT2D eigenvalue weighted by molar-refractivity contribution is 0.615. The Kier molecular flexibility index (Phi) is 2.54. The Hall–Kier alpha value is -0.960. The number of nitrogens with zero attached hydrogens (tertiary/aromatic N) is 1. The molecule has 1 atom stereocenters. The maximum atomic E-state index is 12.6. The van der Waals surface area contributed by atoms with E-state index in [1.165, 1.54) is 18.3 Å². The predicted octanol–water partition coefficient (Wildman–Crippen LogP) is 1.28. The Morgan fingerprint density at radius 3 is 3.00 bits per heavy atom. The smallest absolute Gasteiger partial charge is 0.126 e. The van der Waals surface area contributed by atoms with Gasteiger partial charge in [-0.2, -0.15) is 0 Å². The van der Waals surface area contributed by atoms with Crippen molar-refractivity contribution in [3.8, 4) is 0 Å². The highest BCUT2D eigenvalue weighted by Crippen LogP contribution is 2.10. The molecule has 2 N–H and O–H groups in total.